The molecule has 2 fully saturated rings. The average molecular weight is 468 g/mol. The lowest BCUT2D eigenvalue weighted by molar-refractivity contribution is 0.0599. The number of likely N-dealkylation sites (tertiary alicyclic amines) is 1. The van der Waals surface area contributed by atoms with Gasteiger partial charge in [0, 0.05) is 62.9 Å². The first-order chi connectivity index (χ1) is 16.5. The highest BCUT2D eigenvalue weighted by Gasteiger charge is 2.25. The third-order valence-electron chi connectivity index (χ3n) is 7.17. The lowest BCUT2D eigenvalue weighted by atomic mass is 9.96. The summed E-state index contributed by atoms with van der Waals surface area (Å²) in [7, 11) is 1.43. The molecule has 1 N–H and O–H groups in total. The molecule has 0 spiro atoms. The van der Waals surface area contributed by atoms with Crippen molar-refractivity contribution >= 4 is 11.7 Å². The molecule has 0 atom stereocenters. The number of aliphatic hydroxyl groups is 1. The number of pyridine rings is 1. The zero-order valence-electron chi connectivity index (χ0n) is 20.6. The Morgan fingerprint density at radius 2 is 1.91 bits per heavy atom. The Kier molecular flexibility index (Phi) is 8.19. The smallest absolute Gasteiger partial charge is 0.338 e. The van der Waals surface area contributed by atoms with E-state index in [0.717, 1.165) is 93.1 Å². The van der Waals surface area contributed by atoms with Crippen LogP contribution in [0.5, 0.6) is 0 Å². The van der Waals surface area contributed by atoms with Crippen LogP contribution in [-0.4, -0.2) is 73.1 Å². The standard InChI is InChI=1S/C27H37N3O4/c1-4-30(23-9-13-34-14-10-23)26-16-21(15-25(19(26)2)27(32)33-3)20-5-6-22(28-17-20)18-29-11-7-24(31)8-12-29/h5-6,15-17,23-24,31H,4,7-14,18H2,1-3H3. The maximum atomic E-state index is 12.7. The number of hydrogen-bond donors (Lipinski definition) is 1. The van der Waals surface area contributed by atoms with Crippen LogP contribution in [0.1, 0.15) is 54.2 Å². The third-order valence-corrected chi connectivity index (χ3v) is 7.17. The van der Waals surface area contributed by atoms with E-state index in [4.69, 9.17) is 14.5 Å². The topological polar surface area (TPSA) is 75.1 Å². The molecule has 0 amide bonds. The maximum absolute atomic E-state index is 12.7. The molecule has 2 aliphatic heterocycles. The van der Waals surface area contributed by atoms with Crippen molar-refractivity contribution in [1.29, 1.82) is 0 Å². The first-order valence-electron chi connectivity index (χ1n) is 12.4. The summed E-state index contributed by atoms with van der Waals surface area (Å²) in [6.45, 7) is 9.14. The normalized spacial score (nSPS) is 18.1. The quantitative estimate of drug-likeness (QED) is 0.621. The third kappa shape index (κ3) is 5.59. The molecule has 0 unspecified atom stereocenters. The zero-order chi connectivity index (χ0) is 24.1. The fourth-order valence-electron chi connectivity index (χ4n) is 5.10. The monoisotopic (exact) mass is 467 g/mol. The molecule has 2 saturated heterocycles. The molecule has 1 aromatic heterocycles. The van der Waals surface area contributed by atoms with Gasteiger partial charge >= 0.3 is 5.97 Å². The van der Waals surface area contributed by atoms with E-state index in [0.29, 0.717) is 11.6 Å². The number of rotatable bonds is 7. The summed E-state index contributed by atoms with van der Waals surface area (Å²) in [6.07, 6.45) is 5.33. The fourth-order valence-corrected chi connectivity index (χ4v) is 5.10. The van der Waals surface area contributed by atoms with Crippen molar-refractivity contribution in [3.8, 4) is 11.1 Å². The van der Waals surface area contributed by atoms with Gasteiger partial charge in [0.2, 0.25) is 0 Å². The highest BCUT2D eigenvalue weighted by molar-refractivity contribution is 5.95. The van der Waals surface area contributed by atoms with Gasteiger partial charge in [0.1, 0.15) is 0 Å². The largest absolute Gasteiger partial charge is 0.465 e. The van der Waals surface area contributed by atoms with Crippen LogP contribution in [0.25, 0.3) is 11.1 Å². The first kappa shape index (κ1) is 24.6. The molecule has 3 heterocycles. The van der Waals surface area contributed by atoms with E-state index in [1.807, 2.05) is 19.2 Å². The van der Waals surface area contributed by atoms with E-state index in [1.165, 1.54) is 7.11 Å². The number of esters is 1. The lowest BCUT2D eigenvalue weighted by Gasteiger charge is -2.37. The average Bonchev–Trinajstić information content (AvgIpc) is 2.87. The van der Waals surface area contributed by atoms with Gasteiger partial charge in [0.05, 0.1) is 24.5 Å². The number of aromatic nitrogens is 1. The number of benzene rings is 1. The Labute approximate surface area is 202 Å². The molecule has 2 aliphatic rings. The molecule has 184 valence electrons. The Hall–Kier alpha value is -2.48. The van der Waals surface area contributed by atoms with Crippen molar-refractivity contribution in [2.45, 2.75) is 58.2 Å². The van der Waals surface area contributed by atoms with Crippen molar-refractivity contribution in [2.24, 2.45) is 0 Å². The fraction of sp³-hybridized carbons (Fsp3) is 0.556. The summed E-state index contributed by atoms with van der Waals surface area (Å²) in [5.74, 6) is -0.319. The molecule has 0 radical (unpaired) electrons. The van der Waals surface area contributed by atoms with Crippen LogP contribution in [0.15, 0.2) is 30.5 Å². The van der Waals surface area contributed by atoms with Crippen LogP contribution in [0.2, 0.25) is 0 Å². The molecule has 4 rings (SSSR count). The van der Waals surface area contributed by atoms with Crippen LogP contribution in [0, 0.1) is 6.92 Å². The van der Waals surface area contributed by atoms with Gasteiger partial charge in [-0.25, -0.2) is 4.79 Å². The number of methoxy groups -OCH3 is 1. The summed E-state index contributed by atoms with van der Waals surface area (Å²) in [5.41, 5.74) is 5.57. The van der Waals surface area contributed by atoms with Crippen molar-refractivity contribution < 1.29 is 19.4 Å². The molecule has 0 saturated carbocycles. The molecule has 34 heavy (non-hydrogen) atoms. The van der Waals surface area contributed by atoms with E-state index in [-0.39, 0.29) is 12.1 Å². The summed E-state index contributed by atoms with van der Waals surface area (Å²) < 4.78 is 10.7. The van der Waals surface area contributed by atoms with Gasteiger partial charge < -0.3 is 19.5 Å². The number of nitrogens with zero attached hydrogens (tertiary/aromatic N) is 3. The number of hydrogen-bond acceptors (Lipinski definition) is 7. The van der Waals surface area contributed by atoms with Gasteiger partial charge in [-0.3, -0.25) is 9.88 Å². The van der Waals surface area contributed by atoms with Gasteiger partial charge in [-0.2, -0.15) is 0 Å². The minimum Gasteiger partial charge on any atom is -0.465 e. The Morgan fingerprint density at radius 1 is 1.18 bits per heavy atom. The number of carbonyl (C=O) groups is 1. The van der Waals surface area contributed by atoms with E-state index < -0.39 is 0 Å². The molecular weight excluding hydrogens is 430 g/mol. The highest BCUT2D eigenvalue weighted by Crippen LogP contribution is 2.34. The second-order valence-corrected chi connectivity index (χ2v) is 9.33. The van der Waals surface area contributed by atoms with Crippen molar-refractivity contribution in [3.05, 3.63) is 47.3 Å². The molecular formula is C27H37N3O4. The SMILES string of the molecule is CCN(c1cc(-c2ccc(CN3CCC(O)CC3)nc2)cc(C(=O)OC)c1C)C1CCOCC1. The number of anilines is 1. The molecule has 0 bridgehead atoms. The van der Waals surface area contributed by atoms with Crippen LogP contribution >= 0.6 is 0 Å². The Morgan fingerprint density at radius 3 is 2.53 bits per heavy atom. The second kappa shape index (κ2) is 11.3. The van der Waals surface area contributed by atoms with Crippen molar-refractivity contribution in [3.63, 3.8) is 0 Å². The maximum Gasteiger partial charge on any atom is 0.338 e. The van der Waals surface area contributed by atoms with Crippen LogP contribution < -0.4 is 4.90 Å². The minimum absolute atomic E-state index is 0.171. The van der Waals surface area contributed by atoms with E-state index in [1.54, 1.807) is 0 Å². The molecule has 7 nitrogen and oxygen atoms in total. The van der Waals surface area contributed by atoms with Gasteiger partial charge in [-0.1, -0.05) is 6.07 Å². The second-order valence-electron chi connectivity index (χ2n) is 9.33. The first-order valence-corrected chi connectivity index (χ1v) is 12.4. The molecule has 2 aromatic rings. The van der Waals surface area contributed by atoms with Crippen LogP contribution in [0.3, 0.4) is 0 Å². The van der Waals surface area contributed by atoms with Crippen LogP contribution in [-0.2, 0) is 16.0 Å². The number of aliphatic hydroxyl groups excluding tert-OH is 1. The predicted molar refractivity (Wildman–Crippen MR) is 133 cm³/mol. The highest BCUT2D eigenvalue weighted by atomic mass is 16.5. The number of piperidine rings is 1. The number of ether oxygens (including phenoxy) is 2. The molecule has 7 heteroatoms. The Bertz CT molecular complexity index is 965. The van der Waals surface area contributed by atoms with Crippen molar-refractivity contribution in [1.82, 2.24) is 9.88 Å². The zero-order valence-corrected chi connectivity index (χ0v) is 20.6. The summed E-state index contributed by atoms with van der Waals surface area (Å²) >= 11 is 0. The van der Waals surface area contributed by atoms with Gasteiger partial charge in [0.15, 0.2) is 0 Å². The van der Waals surface area contributed by atoms with Gasteiger partial charge in [-0.05, 0) is 68.9 Å². The summed E-state index contributed by atoms with van der Waals surface area (Å²) in [6, 6.07) is 8.64. The predicted octanol–water partition coefficient (Wildman–Crippen LogP) is 3.81. The lowest BCUT2D eigenvalue weighted by Crippen LogP contribution is -2.40. The van der Waals surface area contributed by atoms with Gasteiger partial charge in [0.25, 0.3) is 0 Å². The van der Waals surface area contributed by atoms with Crippen molar-refractivity contribution in [2.75, 3.05) is 44.9 Å². The molecule has 1 aromatic carbocycles. The minimum atomic E-state index is -0.319. The van der Waals surface area contributed by atoms with Crippen LogP contribution in [0.4, 0.5) is 5.69 Å². The van der Waals surface area contributed by atoms with E-state index >= 15 is 0 Å². The summed E-state index contributed by atoms with van der Waals surface area (Å²) in [4.78, 5) is 22.1. The van der Waals surface area contributed by atoms with E-state index in [2.05, 4.69) is 34.9 Å². The number of carbonyl (C=O) groups excluding carboxylic acids is 1. The molecule has 0 aliphatic carbocycles. The van der Waals surface area contributed by atoms with Gasteiger partial charge in [-0.15, -0.1) is 0 Å². The summed E-state index contributed by atoms with van der Waals surface area (Å²) in [5, 5.41) is 9.73. The Balaban J connectivity index is 1.62. The van der Waals surface area contributed by atoms with E-state index in [9.17, 15) is 9.90 Å².